The molecule has 1 aliphatic heterocycles. The minimum atomic E-state index is -1.13. The number of rotatable bonds is 4. The summed E-state index contributed by atoms with van der Waals surface area (Å²) in [7, 11) is 0. The van der Waals surface area contributed by atoms with Gasteiger partial charge in [-0.2, -0.15) is 0 Å². The molecule has 114 valence electrons. The first kappa shape index (κ1) is 15.7. The monoisotopic (exact) mass is 315 g/mol. The number of benzene rings is 1. The standard InChI is InChI=1S/C14H15ClFNO4/c15-12-2-1-9(16)5-8(12)6-17-4-3-10(13(18)19)11(7-17)14(20)21/h1-2,5,10-11H,3-4,6-7H2,(H,18,19)(H,20,21). The molecule has 0 aliphatic carbocycles. The van der Waals surface area contributed by atoms with Crippen molar-refractivity contribution in [1.82, 2.24) is 4.90 Å². The summed E-state index contributed by atoms with van der Waals surface area (Å²) in [6.45, 7) is 0.847. The molecule has 21 heavy (non-hydrogen) atoms. The van der Waals surface area contributed by atoms with Gasteiger partial charge < -0.3 is 10.2 Å². The fourth-order valence-electron chi connectivity index (χ4n) is 2.61. The van der Waals surface area contributed by atoms with Crippen molar-refractivity contribution in [1.29, 1.82) is 0 Å². The highest BCUT2D eigenvalue weighted by atomic mass is 35.5. The molecule has 0 amide bonds. The normalized spacial score (nSPS) is 23.0. The summed E-state index contributed by atoms with van der Waals surface area (Å²) >= 11 is 5.99. The Labute approximate surface area is 125 Å². The molecular formula is C14H15ClFNO4. The minimum Gasteiger partial charge on any atom is -0.481 e. The molecule has 1 aromatic carbocycles. The van der Waals surface area contributed by atoms with E-state index in [0.717, 1.165) is 0 Å². The van der Waals surface area contributed by atoms with Crippen molar-refractivity contribution in [3.05, 3.63) is 34.6 Å². The zero-order valence-corrected chi connectivity index (χ0v) is 11.9. The summed E-state index contributed by atoms with van der Waals surface area (Å²) in [5, 5.41) is 18.6. The van der Waals surface area contributed by atoms with Gasteiger partial charge >= 0.3 is 11.9 Å². The van der Waals surface area contributed by atoms with E-state index in [-0.39, 0.29) is 13.0 Å². The fourth-order valence-corrected chi connectivity index (χ4v) is 2.79. The van der Waals surface area contributed by atoms with E-state index in [9.17, 15) is 14.0 Å². The molecule has 1 aromatic rings. The molecule has 2 rings (SSSR count). The summed E-state index contributed by atoms with van der Waals surface area (Å²) in [6, 6.07) is 4.01. The van der Waals surface area contributed by atoms with E-state index in [4.69, 9.17) is 21.8 Å². The van der Waals surface area contributed by atoms with Gasteiger partial charge in [0.1, 0.15) is 5.82 Å². The molecule has 1 aliphatic rings. The molecule has 0 spiro atoms. The van der Waals surface area contributed by atoms with Crippen molar-refractivity contribution in [2.24, 2.45) is 11.8 Å². The third kappa shape index (κ3) is 3.71. The lowest BCUT2D eigenvalue weighted by atomic mass is 9.85. The highest BCUT2D eigenvalue weighted by Gasteiger charge is 2.38. The molecule has 2 N–H and O–H groups in total. The molecule has 0 bridgehead atoms. The van der Waals surface area contributed by atoms with Gasteiger partial charge in [0.25, 0.3) is 0 Å². The Morgan fingerprint density at radius 1 is 1.29 bits per heavy atom. The van der Waals surface area contributed by atoms with Crippen molar-refractivity contribution < 1.29 is 24.2 Å². The van der Waals surface area contributed by atoms with Gasteiger partial charge in [0.2, 0.25) is 0 Å². The molecule has 1 saturated heterocycles. The summed E-state index contributed by atoms with van der Waals surface area (Å²) in [4.78, 5) is 24.1. The molecule has 0 saturated carbocycles. The van der Waals surface area contributed by atoms with Crippen LogP contribution in [0.3, 0.4) is 0 Å². The Balaban J connectivity index is 2.11. The summed E-state index contributed by atoms with van der Waals surface area (Å²) in [5.74, 6) is -4.49. The van der Waals surface area contributed by atoms with Crippen LogP contribution in [0, 0.1) is 17.7 Å². The summed E-state index contributed by atoms with van der Waals surface area (Å²) < 4.78 is 13.2. The van der Waals surface area contributed by atoms with Crippen LogP contribution in [0.5, 0.6) is 0 Å². The number of hydrogen-bond acceptors (Lipinski definition) is 3. The maximum Gasteiger partial charge on any atom is 0.308 e. The third-order valence-electron chi connectivity index (χ3n) is 3.73. The molecule has 2 unspecified atom stereocenters. The topological polar surface area (TPSA) is 77.8 Å². The molecule has 0 radical (unpaired) electrons. The molecule has 1 heterocycles. The lowest BCUT2D eigenvalue weighted by Gasteiger charge is -2.34. The van der Waals surface area contributed by atoms with E-state index in [1.165, 1.54) is 18.2 Å². The zero-order valence-electron chi connectivity index (χ0n) is 11.1. The number of aliphatic carboxylic acids is 2. The van der Waals surface area contributed by atoms with Gasteiger partial charge in [-0.25, -0.2) is 4.39 Å². The summed E-state index contributed by atoms with van der Waals surface area (Å²) in [5.41, 5.74) is 0.564. The average Bonchev–Trinajstić information content (AvgIpc) is 2.42. The predicted molar refractivity (Wildman–Crippen MR) is 73.6 cm³/mol. The number of nitrogens with zero attached hydrogens (tertiary/aromatic N) is 1. The third-order valence-corrected chi connectivity index (χ3v) is 4.10. The highest BCUT2D eigenvalue weighted by molar-refractivity contribution is 6.31. The highest BCUT2D eigenvalue weighted by Crippen LogP contribution is 2.27. The van der Waals surface area contributed by atoms with Gasteiger partial charge in [-0.1, -0.05) is 11.6 Å². The molecule has 1 fully saturated rings. The Kier molecular flexibility index (Phi) is 4.80. The van der Waals surface area contributed by atoms with Crippen molar-refractivity contribution in [2.75, 3.05) is 13.1 Å². The lowest BCUT2D eigenvalue weighted by molar-refractivity contribution is -0.157. The molecular weight excluding hydrogens is 301 g/mol. The second-order valence-corrected chi connectivity index (χ2v) is 5.56. The van der Waals surface area contributed by atoms with Crippen LogP contribution in [0.2, 0.25) is 5.02 Å². The maximum absolute atomic E-state index is 13.2. The Hall–Kier alpha value is -1.66. The van der Waals surface area contributed by atoms with E-state index in [2.05, 4.69) is 0 Å². The van der Waals surface area contributed by atoms with E-state index < -0.39 is 29.6 Å². The maximum atomic E-state index is 13.2. The molecule has 0 aromatic heterocycles. The van der Waals surface area contributed by atoms with Crippen LogP contribution in [0.1, 0.15) is 12.0 Å². The van der Waals surface area contributed by atoms with Crippen LogP contribution in [0.4, 0.5) is 4.39 Å². The first-order valence-corrected chi connectivity index (χ1v) is 6.88. The second-order valence-electron chi connectivity index (χ2n) is 5.15. The Bertz CT molecular complexity index is 566. The van der Waals surface area contributed by atoms with Gasteiger partial charge in [0, 0.05) is 18.1 Å². The van der Waals surface area contributed by atoms with Crippen LogP contribution in [0.25, 0.3) is 0 Å². The van der Waals surface area contributed by atoms with Gasteiger partial charge in [0.05, 0.1) is 11.8 Å². The average molecular weight is 316 g/mol. The van der Waals surface area contributed by atoms with Crippen molar-refractivity contribution in [3.8, 4) is 0 Å². The van der Waals surface area contributed by atoms with Crippen molar-refractivity contribution in [3.63, 3.8) is 0 Å². The number of carboxylic acids is 2. The number of carboxylic acid groups (broad SMARTS) is 2. The quantitative estimate of drug-likeness (QED) is 0.889. The first-order chi connectivity index (χ1) is 9.88. The number of hydrogen-bond donors (Lipinski definition) is 2. The van der Waals surface area contributed by atoms with E-state index in [0.29, 0.717) is 23.7 Å². The van der Waals surface area contributed by atoms with Gasteiger partial charge in [-0.05, 0) is 36.7 Å². The number of carbonyl (C=O) groups is 2. The molecule has 2 atom stereocenters. The first-order valence-electron chi connectivity index (χ1n) is 6.50. The van der Waals surface area contributed by atoms with Crippen LogP contribution >= 0.6 is 11.6 Å². The Morgan fingerprint density at radius 2 is 1.95 bits per heavy atom. The van der Waals surface area contributed by atoms with Crippen molar-refractivity contribution >= 4 is 23.5 Å². The second kappa shape index (κ2) is 6.41. The van der Waals surface area contributed by atoms with Crippen LogP contribution < -0.4 is 0 Å². The smallest absolute Gasteiger partial charge is 0.308 e. The van der Waals surface area contributed by atoms with Crippen LogP contribution in [0.15, 0.2) is 18.2 Å². The number of halogens is 2. The SMILES string of the molecule is O=C(O)C1CCN(Cc2cc(F)ccc2Cl)CC1C(=O)O. The van der Waals surface area contributed by atoms with Crippen LogP contribution in [-0.4, -0.2) is 40.1 Å². The van der Waals surface area contributed by atoms with E-state index in [1.54, 1.807) is 4.90 Å². The van der Waals surface area contributed by atoms with Crippen molar-refractivity contribution in [2.45, 2.75) is 13.0 Å². The van der Waals surface area contributed by atoms with E-state index >= 15 is 0 Å². The minimum absolute atomic E-state index is 0.110. The van der Waals surface area contributed by atoms with Gasteiger partial charge in [-0.15, -0.1) is 0 Å². The number of likely N-dealkylation sites (tertiary alicyclic amines) is 1. The molecule has 5 nitrogen and oxygen atoms in total. The lowest BCUT2D eigenvalue weighted by Crippen LogP contribution is -2.46. The predicted octanol–water partition coefficient (Wildman–Crippen LogP) is 2.09. The largest absolute Gasteiger partial charge is 0.481 e. The number of piperidine rings is 1. The van der Waals surface area contributed by atoms with Gasteiger partial charge in [-0.3, -0.25) is 14.5 Å². The van der Waals surface area contributed by atoms with Gasteiger partial charge in [0.15, 0.2) is 0 Å². The zero-order chi connectivity index (χ0) is 15.6. The molecule has 7 heteroatoms. The summed E-state index contributed by atoms with van der Waals surface area (Å²) in [6.07, 6.45) is 0.249. The van der Waals surface area contributed by atoms with Crippen LogP contribution in [-0.2, 0) is 16.1 Å². The van der Waals surface area contributed by atoms with E-state index in [1.807, 2.05) is 0 Å². The fraction of sp³-hybridized carbons (Fsp3) is 0.429. The Morgan fingerprint density at radius 3 is 2.57 bits per heavy atom.